The zero-order chi connectivity index (χ0) is 19.4. The van der Waals surface area contributed by atoms with Crippen molar-refractivity contribution in [2.24, 2.45) is 0 Å². The zero-order valence-corrected chi connectivity index (χ0v) is 15.3. The standard InChI is InChI=1S/C19H24N2O6/c1-13(22)21(12-19(24)25)11-16-10-20(5-7-26-16)18(23)9-14-2-3-17-15(8-14)4-6-27-17/h2-3,8,16H,4-7,9-12H2,1H3,(H,24,25). The van der Waals surface area contributed by atoms with Crippen molar-refractivity contribution in [3.05, 3.63) is 29.3 Å². The first-order chi connectivity index (χ1) is 12.9. The molecule has 2 heterocycles. The summed E-state index contributed by atoms with van der Waals surface area (Å²) in [4.78, 5) is 38.1. The van der Waals surface area contributed by atoms with Crippen molar-refractivity contribution in [2.75, 3.05) is 39.4 Å². The number of amides is 2. The van der Waals surface area contributed by atoms with Gasteiger partial charge in [0.2, 0.25) is 11.8 Å². The molecule has 8 heteroatoms. The molecule has 2 aliphatic heterocycles. The Kier molecular flexibility index (Phi) is 5.95. The summed E-state index contributed by atoms with van der Waals surface area (Å²) >= 11 is 0. The number of ether oxygens (including phenoxy) is 2. The second-order valence-corrected chi connectivity index (χ2v) is 6.84. The van der Waals surface area contributed by atoms with Crippen molar-refractivity contribution >= 4 is 17.8 Å². The van der Waals surface area contributed by atoms with Gasteiger partial charge in [0.05, 0.1) is 25.7 Å². The highest BCUT2D eigenvalue weighted by Gasteiger charge is 2.27. The number of carboxylic acids is 1. The summed E-state index contributed by atoms with van der Waals surface area (Å²) in [6.45, 7) is 2.99. The van der Waals surface area contributed by atoms with Gasteiger partial charge in [-0.3, -0.25) is 14.4 Å². The minimum absolute atomic E-state index is 0.00484. The molecule has 1 N–H and O–H groups in total. The summed E-state index contributed by atoms with van der Waals surface area (Å²) in [5, 5.41) is 8.93. The summed E-state index contributed by atoms with van der Waals surface area (Å²) in [6, 6.07) is 5.83. The van der Waals surface area contributed by atoms with Crippen LogP contribution < -0.4 is 4.74 Å². The van der Waals surface area contributed by atoms with E-state index in [2.05, 4.69) is 0 Å². The molecule has 2 amide bonds. The highest BCUT2D eigenvalue weighted by molar-refractivity contribution is 5.80. The van der Waals surface area contributed by atoms with Crippen molar-refractivity contribution in [1.82, 2.24) is 9.80 Å². The Morgan fingerprint density at radius 3 is 2.85 bits per heavy atom. The highest BCUT2D eigenvalue weighted by atomic mass is 16.5. The zero-order valence-electron chi connectivity index (χ0n) is 15.3. The van der Waals surface area contributed by atoms with Crippen LogP contribution in [0.2, 0.25) is 0 Å². The Hall–Kier alpha value is -2.61. The Bertz CT molecular complexity index is 735. The molecule has 8 nitrogen and oxygen atoms in total. The molecule has 1 saturated heterocycles. The van der Waals surface area contributed by atoms with Crippen LogP contribution in [0.5, 0.6) is 5.75 Å². The lowest BCUT2D eigenvalue weighted by atomic mass is 10.1. The number of carbonyl (C=O) groups excluding carboxylic acids is 2. The average molecular weight is 376 g/mol. The number of hydrogen-bond acceptors (Lipinski definition) is 5. The fourth-order valence-electron chi connectivity index (χ4n) is 3.41. The largest absolute Gasteiger partial charge is 0.493 e. The number of benzene rings is 1. The SMILES string of the molecule is CC(=O)N(CC(=O)O)CC1CN(C(=O)Cc2ccc3c(c2)CCO3)CCO1. The van der Waals surface area contributed by atoms with Crippen molar-refractivity contribution in [1.29, 1.82) is 0 Å². The number of fused-ring (bicyclic) bond motifs is 1. The topological polar surface area (TPSA) is 96.4 Å². The molecule has 0 saturated carbocycles. The molecule has 27 heavy (non-hydrogen) atoms. The summed E-state index contributed by atoms with van der Waals surface area (Å²) in [7, 11) is 0. The number of carboxylic acid groups (broad SMARTS) is 1. The monoisotopic (exact) mass is 376 g/mol. The van der Waals surface area contributed by atoms with E-state index in [1.807, 2.05) is 18.2 Å². The fraction of sp³-hybridized carbons (Fsp3) is 0.526. The van der Waals surface area contributed by atoms with Gasteiger partial charge < -0.3 is 24.4 Å². The maximum absolute atomic E-state index is 12.7. The maximum atomic E-state index is 12.7. The molecular formula is C19H24N2O6. The lowest BCUT2D eigenvalue weighted by Gasteiger charge is -2.35. The minimum atomic E-state index is -1.07. The highest BCUT2D eigenvalue weighted by Crippen LogP contribution is 2.26. The third-order valence-electron chi connectivity index (χ3n) is 4.80. The van der Waals surface area contributed by atoms with Gasteiger partial charge in [0.1, 0.15) is 12.3 Å². The second kappa shape index (κ2) is 8.39. The number of nitrogens with zero attached hydrogens (tertiary/aromatic N) is 2. The van der Waals surface area contributed by atoms with Crippen LogP contribution in [-0.2, 0) is 32.0 Å². The molecule has 0 aliphatic carbocycles. The number of hydrogen-bond donors (Lipinski definition) is 1. The predicted molar refractivity (Wildman–Crippen MR) is 95.6 cm³/mol. The van der Waals surface area contributed by atoms with Gasteiger partial charge in [-0.2, -0.15) is 0 Å². The van der Waals surface area contributed by atoms with Crippen LogP contribution in [0.3, 0.4) is 0 Å². The fourth-order valence-corrected chi connectivity index (χ4v) is 3.41. The normalized spacial score (nSPS) is 18.6. The van der Waals surface area contributed by atoms with E-state index >= 15 is 0 Å². The minimum Gasteiger partial charge on any atom is -0.493 e. The smallest absolute Gasteiger partial charge is 0.323 e. The molecule has 1 fully saturated rings. The van der Waals surface area contributed by atoms with E-state index in [0.717, 1.165) is 23.3 Å². The molecule has 146 valence electrons. The summed E-state index contributed by atoms with van der Waals surface area (Å²) < 4.78 is 11.1. The first-order valence-electron chi connectivity index (χ1n) is 9.03. The van der Waals surface area contributed by atoms with Crippen LogP contribution in [0.15, 0.2) is 18.2 Å². The molecule has 2 aliphatic rings. The van der Waals surface area contributed by atoms with Gasteiger partial charge in [0, 0.05) is 33.0 Å². The summed E-state index contributed by atoms with van der Waals surface area (Å²) in [6.07, 6.45) is 0.770. The third kappa shape index (κ3) is 4.97. The Morgan fingerprint density at radius 2 is 2.11 bits per heavy atom. The molecule has 3 rings (SSSR count). The van der Waals surface area contributed by atoms with Crippen LogP contribution in [0, 0.1) is 0 Å². The molecule has 0 bridgehead atoms. The predicted octanol–water partition coefficient (Wildman–Crippen LogP) is 0.325. The first-order valence-corrected chi connectivity index (χ1v) is 9.03. The Morgan fingerprint density at radius 1 is 1.30 bits per heavy atom. The number of rotatable bonds is 6. The van der Waals surface area contributed by atoms with Crippen LogP contribution in [-0.4, -0.2) is 78.2 Å². The van der Waals surface area contributed by atoms with Gasteiger partial charge >= 0.3 is 5.97 Å². The van der Waals surface area contributed by atoms with E-state index < -0.39 is 5.97 Å². The summed E-state index contributed by atoms with van der Waals surface area (Å²) in [5.74, 6) is -0.519. The van der Waals surface area contributed by atoms with Crippen LogP contribution >= 0.6 is 0 Å². The van der Waals surface area contributed by atoms with Gasteiger partial charge in [-0.15, -0.1) is 0 Å². The lowest BCUT2D eigenvalue weighted by molar-refractivity contribution is -0.147. The molecule has 1 aromatic carbocycles. The molecule has 0 aromatic heterocycles. The Labute approximate surface area is 157 Å². The van der Waals surface area contributed by atoms with E-state index in [1.54, 1.807) is 4.90 Å². The van der Waals surface area contributed by atoms with E-state index in [9.17, 15) is 14.4 Å². The first kappa shape index (κ1) is 19.2. The van der Waals surface area contributed by atoms with Gasteiger partial charge in [0.15, 0.2) is 0 Å². The van der Waals surface area contributed by atoms with Gasteiger partial charge in [-0.25, -0.2) is 0 Å². The third-order valence-corrected chi connectivity index (χ3v) is 4.80. The molecule has 0 spiro atoms. The van der Waals surface area contributed by atoms with Crippen LogP contribution in [0.25, 0.3) is 0 Å². The van der Waals surface area contributed by atoms with E-state index in [1.165, 1.54) is 11.8 Å². The van der Waals surface area contributed by atoms with Crippen LogP contribution in [0.1, 0.15) is 18.1 Å². The van der Waals surface area contributed by atoms with E-state index in [0.29, 0.717) is 32.7 Å². The van der Waals surface area contributed by atoms with Gasteiger partial charge in [-0.05, 0) is 17.2 Å². The number of carbonyl (C=O) groups is 3. The average Bonchev–Trinajstić information content (AvgIpc) is 3.08. The van der Waals surface area contributed by atoms with Crippen LogP contribution in [0.4, 0.5) is 0 Å². The maximum Gasteiger partial charge on any atom is 0.323 e. The van der Waals surface area contributed by atoms with Gasteiger partial charge in [-0.1, -0.05) is 12.1 Å². The molecule has 1 atom stereocenters. The van der Waals surface area contributed by atoms with Gasteiger partial charge in [0.25, 0.3) is 0 Å². The van der Waals surface area contributed by atoms with E-state index in [-0.39, 0.29) is 31.0 Å². The number of morpholine rings is 1. The van der Waals surface area contributed by atoms with Crippen molar-refractivity contribution in [2.45, 2.75) is 25.9 Å². The van der Waals surface area contributed by atoms with Crippen molar-refractivity contribution < 1.29 is 29.0 Å². The molecule has 0 radical (unpaired) electrons. The van der Waals surface area contributed by atoms with E-state index in [4.69, 9.17) is 14.6 Å². The quantitative estimate of drug-likeness (QED) is 0.768. The second-order valence-electron chi connectivity index (χ2n) is 6.84. The lowest BCUT2D eigenvalue weighted by Crippen LogP contribution is -2.51. The van der Waals surface area contributed by atoms with Crippen molar-refractivity contribution in [3.8, 4) is 5.75 Å². The molecular weight excluding hydrogens is 352 g/mol. The van der Waals surface area contributed by atoms with Crippen molar-refractivity contribution in [3.63, 3.8) is 0 Å². The molecule has 1 aromatic rings. The summed E-state index contributed by atoms with van der Waals surface area (Å²) in [5.41, 5.74) is 2.08. The Balaban J connectivity index is 1.57. The number of aliphatic carboxylic acids is 1. The molecule has 1 unspecified atom stereocenters.